The third-order valence-corrected chi connectivity index (χ3v) is 2.62. The third kappa shape index (κ3) is 24.0. The first kappa shape index (κ1) is 18.9. The molecule has 0 aliphatic heterocycles. The van der Waals surface area contributed by atoms with Crippen LogP contribution in [0.3, 0.4) is 0 Å². The molecular weight excluding hydrogens is 247 g/mol. The van der Waals surface area contributed by atoms with Crippen molar-refractivity contribution < 1.29 is 10.2 Å². The van der Waals surface area contributed by atoms with Gasteiger partial charge >= 0.3 is 0 Å². The van der Waals surface area contributed by atoms with Crippen molar-refractivity contribution in [1.82, 2.24) is 0 Å². The Balaban J connectivity index is 0. The topological polar surface area (TPSA) is 40.5 Å². The summed E-state index contributed by atoms with van der Waals surface area (Å²) in [5, 5.41) is 16.7. The smallest absolute Gasteiger partial charge is 0.0431 e. The Kier molecular flexibility index (Phi) is 24.6. The minimum atomic E-state index is 0.322. The zero-order chi connectivity index (χ0) is 12.5. The van der Waals surface area contributed by atoms with Gasteiger partial charge in [-0.25, -0.2) is 0 Å². The average molecular weight is 273 g/mol. The van der Waals surface area contributed by atoms with Gasteiger partial charge in [0.2, 0.25) is 0 Å². The number of halogens is 2. The Morgan fingerprint density at radius 1 is 0.500 bits per heavy atom. The van der Waals surface area contributed by atoms with Crippen LogP contribution in [0.25, 0.3) is 0 Å². The highest BCUT2D eigenvalue weighted by atomic mass is 35.5. The number of aliphatic hydroxyl groups is 2. The lowest BCUT2D eigenvalue weighted by atomic mass is 10.2. The first-order valence-electron chi connectivity index (χ1n) is 6.17. The molecule has 100 valence electrons. The number of alkyl halides is 2. The van der Waals surface area contributed by atoms with Crippen molar-refractivity contribution in [3.8, 4) is 0 Å². The van der Waals surface area contributed by atoms with E-state index in [9.17, 15) is 0 Å². The zero-order valence-electron chi connectivity index (χ0n) is 10.1. The van der Waals surface area contributed by atoms with Crippen LogP contribution in [-0.2, 0) is 0 Å². The van der Waals surface area contributed by atoms with Crippen LogP contribution in [-0.4, -0.2) is 35.2 Å². The Morgan fingerprint density at radius 3 is 1.06 bits per heavy atom. The maximum absolute atomic E-state index is 8.33. The molecule has 0 aromatic heterocycles. The molecule has 0 unspecified atom stereocenters. The van der Waals surface area contributed by atoms with Gasteiger partial charge in [0.1, 0.15) is 0 Å². The number of hydrogen-bond acceptors (Lipinski definition) is 2. The molecule has 0 aromatic carbocycles. The highest BCUT2D eigenvalue weighted by molar-refractivity contribution is 6.18. The molecule has 0 aromatic rings. The number of hydrogen-bond donors (Lipinski definition) is 2. The van der Waals surface area contributed by atoms with Gasteiger partial charge in [0.05, 0.1) is 0 Å². The molecule has 0 rings (SSSR count). The monoisotopic (exact) mass is 272 g/mol. The van der Waals surface area contributed by atoms with Crippen molar-refractivity contribution in [2.75, 3.05) is 25.0 Å². The summed E-state index contributed by atoms with van der Waals surface area (Å²) in [7, 11) is 0. The molecule has 0 heterocycles. The van der Waals surface area contributed by atoms with Gasteiger partial charge in [-0.15, -0.1) is 23.2 Å². The molecule has 0 saturated carbocycles. The Bertz CT molecular complexity index is 79.0. The maximum atomic E-state index is 8.33. The summed E-state index contributed by atoms with van der Waals surface area (Å²) in [5.41, 5.74) is 0. The normalized spacial score (nSPS) is 9.75. The summed E-state index contributed by atoms with van der Waals surface area (Å²) in [6, 6.07) is 0. The van der Waals surface area contributed by atoms with Crippen molar-refractivity contribution in [1.29, 1.82) is 0 Å². The molecule has 0 aliphatic carbocycles. The van der Waals surface area contributed by atoms with Crippen LogP contribution >= 0.6 is 23.2 Å². The van der Waals surface area contributed by atoms with Crippen LogP contribution in [0.2, 0.25) is 0 Å². The fourth-order valence-corrected chi connectivity index (χ4v) is 1.50. The van der Waals surface area contributed by atoms with E-state index in [-0.39, 0.29) is 0 Å². The minimum absolute atomic E-state index is 0.322. The van der Waals surface area contributed by atoms with Gasteiger partial charge in [-0.05, 0) is 25.7 Å². The second-order valence-electron chi connectivity index (χ2n) is 3.65. The van der Waals surface area contributed by atoms with Crippen LogP contribution in [0.4, 0.5) is 0 Å². The summed E-state index contributed by atoms with van der Waals surface area (Å²) in [6.45, 7) is 0.643. The fourth-order valence-electron chi connectivity index (χ4n) is 1.12. The van der Waals surface area contributed by atoms with E-state index in [4.69, 9.17) is 33.4 Å². The highest BCUT2D eigenvalue weighted by Crippen LogP contribution is 1.99. The summed E-state index contributed by atoms with van der Waals surface area (Å²) in [6.07, 6.45) is 8.57. The zero-order valence-corrected chi connectivity index (χ0v) is 11.6. The molecule has 0 amide bonds. The molecule has 0 bridgehead atoms. The first-order chi connectivity index (χ1) is 7.83. The number of aliphatic hydroxyl groups excluding tert-OH is 2. The van der Waals surface area contributed by atoms with E-state index < -0.39 is 0 Å². The summed E-state index contributed by atoms with van der Waals surface area (Å²) < 4.78 is 0. The number of unbranched alkanes of at least 4 members (excludes halogenated alkanes) is 6. The van der Waals surface area contributed by atoms with Crippen LogP contribution in [0.5, 0.6) is 0 Å². The van der Waals surface area contributed by atoms with E-state index in [1.54, 1.807) is 0 Å². The minimum Gasteiger partial charge on any atom is -0.396 e. The SMILES string of the molecule is OCCCCCCCl.OCCCCCCCl. The molecule has 2 nitrogen and oxygen atoms in total. The van der Waals surface area contributed by atoms with Gasteiger partial charge in [-0.1, -0.05) is 25.7 Å². The second kappa shape index (κ2) is 20.9. The summed E-state index contributed by atoms with van der Waals surface area (Å²) in [4.78, 5) is 0. The van der Waals surface area contributed by atoms with Crippen LogP contribution in [0, 0.1) is 0 Å². The molecular formula is C12H26Cl2O2. The molecule has 2 N–H and O–H groups in total. The molecule has 0 radical (unpaired) electrons. The Hall–Kier alpha value is 0.500. The first-order valence-corrected chi connectivity index (χ1v) is 7.24. The Labute approximate surface area is 110 Å². The standard InChI is InChI=1S/2C6H13ClO/c2*7-5-3-1-2-4-6-8/h2*8H,1-6H2. The summed E-state index contributed by atoms with van der Waals surface area (Å²) >= 11 is 10.8. The largest absolute Gasteiger partial charge is 0.396 e. The molecule has 16 heavy (non-hydrogen) atoms. The lowest BCUT2D eigenvalue weighted by Crippen LogP contribution is -1.82. The van der Waals surface area contributed by atoms with E-state index in [1.165, 1.54) is 0 Å². The van der Waals surface area contributed by atoms with E-state index in [0.29, 0.717) is 13.2 Å². The van der Waals surface area contributed by atoms with E-state index in [0.717, 1.165) is 63.1 Å². The lowest BCUT2D eigenvalue weighted by Gasteiger charge is -1.92. The summed E-state index contributed by atoms with van der Waals surface area (Å²) in [5.74, 6) is 1.51. The van der Waals surface area contributed by atoms with E-state index in [1.807, 2.05) is 0 Å². The van der Waals surface area contributed by atoms with Gasteiger partial charge in [0, 0.05) is 25.0 Å². The van der Waals surface area contributed by atoms with E-state index >= 15 is 0 Å². The van der Waals surface area contributed by atoms with Crippen molar-refractivity contribution in [2.24, 2.45) is 0 Å². The predicted octanol–water partition coefficient (Wildman–Crippen LogP) is 3.56. The van der Waals surface area contributed by atoms with Crippen molar-refractivity contribution in [3.05, 3.63) is 0 Å². The molecule has 0 saturated heterocycles. The highest BCUT2D eigenvalue weighted by Gasteiger charge is 1.85. The van der Waals surface area contributed by atoms with Crippen LogP contribution < -0.4 is 0 Å². The molecule has 0 atom stereocenters. The van der Waals surface area contributed by atoms with Crippen molar-refractivity contribution in [2.45, 2.75) is 51.4 Å². The van der Waals surface area contributed by atoms with Crippen molar-refractivity contribution in [3.63, 3.8) is 0 Å². The predicted molar refractivity (Wildman–Crippen MR) is 72.5 cm³/mol. The lowest BCUT2D eigenvalue weighted by molar-refractivity contribution is 0.282. The van der Waals surface area contributed by atoms with Gasteiger partial charge in [0.15, 0.2) is 0 Å². The fraction of sp³-hybridized carbons (Fsp3) is 1.00. The molecule has 0 fully saturated rings. The Morgan fingerprint density at radius 2 is 0.812 bits per heavy atom. The third-order valence-electron chi connectivity index (χ3n) is 2.08. The van der Waals surface area contributed by atoms with Crippen LogP contribution in [0.15, 0.2) is 0 Å². The van der Waals surface area contributed by atoms with Gasteiger partial charge in [0.25, 0.3) is 0 Å². The molecule has 0 aliphatic rings. The van der Waals surface area contributed by atoms with Gasteiger partial charge in [-0.3, -0.25) is 0 Å². The van der Waals surface area contributed by atoms with Gasteiger partial charge < -0.3 is 10.2 Å². The quantitative estimate of drug-likeness (QED) is 0.472. The van der Waals surface area contributed by atoms with Gasteiger partial charge in [-0.2, -0.15) is 0 Å². The average Bonchev–Trinajstić information content (AvgIpc) is 2.31. The van der Waals surface area contributed by atoms with E-state index in [2.05, 4.69) is 0 Å². The molecule has 0 spiro atoms. The van der Waals surface area contributed by atoms with Crippen LogP contribution in [0.1, 0.15) is 51.4 Å². The second-order valence-corrected chi connectivity index (χ2v) is 4.41. The maximum Gasteiger partial charge on any atom is 0.0431 e. The molecule has 4 heteroatoms. The number of rotatable bonds is 10. The van der Waals surface area contributed by atoms with Crippen molar-refractivity contribution >= 4 is 23.2 Å².